The van der Waals surface area contributed by atoms with Gasteiger partial charge < -0.3 is 15.0 Å². The van der Waals surface area contributed by atoms with E-state index in [9.17, 15) is 9.59 Å². The highest BCUT2D eigenvalue weighted by Gasteiger charge is 2.37. The lowest BCUT2D eigenvalue weighted by Gasteiger charge is -2.38. The van der Waals surface area contributed by atoms with Crippen molar-refractivity contribution in [2.24, 2.45) is 5.92 Å². The van der Waals surface area contributed by atoms with Gasteiger partial charge in [0.05, 0.1) is 6.04 Å². The molecule has 142 valence electrons. The maximum Gasteiger partial charge on any atom is 0.410 e. The van der Waals surface area contributed by atoms with Gasteiger partial charge in [0.25, 0.3) is 0 Å². The zero-order valence-corrected chi connectivity index (χ0v) is 17.2. The molecule has 26 heavy (non-hydrogen) atoms. The number of halogens is 1. The van der Waals surface area contributed by atoms with Gasteiger partial charge >= 0.3 is 6.09 Å². The standard InChI is InChI=1S/C20H27BrN2O3/c1-13(14-6-8-16(21)9-7-14)23-11-10-17(26-19(23)25)12-20(2,3)22-18(24)15-4-5-15/h6-9,13,15,17H,4-5,10-12H2,1-3H3,(H,22,24). The molecule has 2 fully saturated rings. The summed E-state index contributed by atoms with van der Waals surface area (Å²) in [5, 5.41) is 3.10. The van der Waals surface area contributed by atoms with E-state index in [0.717, 1.165) is 29.3 Å². The second-order valence-corrected chi connectivity index (χ2v) is 8.98. The molecule has 1 N–H and O–H groups in total. The number of amides is 2. The van der Waals surface area contributed by atoms with Gasteiger partial charge in [0.2, 0.25) is 5.91 Å². The van der Waals surface area contributed by atoms with Crippen molar-refractivity contribution in [1.29, 1.82) is 0 Å². The van der Waals surface area contributed by atoms with Crippen molar-refractivity contribution in [3.8, 4) is 0 Å². The summed E-state index contributed by atoms with van der Waals surface area (Å²) < 4.78 is 6.70. The molecule has 0 aromatic heterocycles. The lowest BCUT2D eigenvalue weighted by Crippen LogP contribution is -2.50. The van der Waals surface area contributed by atoms with Gasteiger partial charge in [0, 0.05) is 35.3 Å². The van der Waals surface area contributed by atoms with E-state index in [2.05, 4.69) is 21.2 Å². The SMILES string of the molecule is CC(c1ccc(Br)cc1)N1CCC(CC(C)(C)NC(=O)C2CC2)OC1=O. The first-order valence-corrected chi connectivity index (χ1v) is 10.1. The zero-order chi connectivity index (χ0) is 18.9. The van der Waals surface area contributed by atoms with Crippen LogP contribution >= 0.6 is 15.9 Å². The molecule has 1 aliphatic heterocycles. The highest BCUT2D eigenvalue weighted by molar-refractivity contribution is 9.10. The minimum absolute atomic E-state index is 0.0286. The van der Waals surface area contributed by atoms with Gasteiger partial charge in [0.15, 0.2) is 0 Å². The Hall–Kier alpha value is -1.56. The third-order valence-electron chi connectivity index (χ3n) is 5.16. The summed E-state index contributed by atoms with van der Waals surface area (Å²) >= 11 is 3.43. The Morgan fingerprint density at radius 2 is 1.96 bits per heavy atom. The average molecular weight is 423 g/mol. The Morgan fingerprint density at radius 3 is 2.54 bits per heavy atom. The molecule has 2 unspecified atom stereocenters. The second kappa shape index (κ2) is 7.59. The summed E-state index contributed by atoms with van der Waals surface area (Å²) in [4.78, 5) is 26.3. The number of ether oxygens (including phenoxy) is 1. The van der Waals surface area contributed by atoms with Crippen molar-refractivity contribution in [3.05, 3.63) is 34.3 Å². The number of nitrogens with one attached hydrogen (secondary N) is 1. The molecule has 1 aromatic rings. The number of hydrogen-bond donors (Lipinski definition) is 1. The molecule has 0 bridgehead atoms. The third-order valence-corrected chi connectivity index (χ3v) is 5.69. The Balaban J connectivity index is 1.55. The summed E-state index contributed by atoms with van der Waals surface area (Å²) in [6, 6.07) is 7.97. The molecular weight excluding hydrogens is 396 g/mol. The van der Waals surface area contributed by atoms with Crippen molar-refractivity contribution in [3.63, 3.8) is 0 Å². The van der Waals surface area contributed by atoms with Crippen LogP contribution in [0.15, 0.2) is 28.7 Å². The number of hydrogen-bond acceptors (Lipinski definition) is 3. The first kappa shape index (κ1) is 19.2. The van der Waals surface area contributed by atoms with Crippen molar-refractivity contribution in [2.75, 3.05) is 6.54 Å². The Morgan fingerprint density at radius 1 is 1.31 bits per heavy atom. The van der Waals surface area contributed by atoms with Gasteiger partial charge in [-0.3, -0.25) is 4.79 Å². The van der Waals surface area contributed by atoms with Crippen LogP contribution in [0.5, 0.6) is 0 Å². The Labute approximate surface area is 163 Å². The maximum absolute atomic E-state index is 12.5. The van der Waals surface area contributed by atoms with Crippen molar-refractivity contribution >= 4 is 27.9 Å². The normalized spacial score (nSPS) is 21.9. The van der Waals surface area contributed by atoms with Crippen LogP contribution in [0.25, 0.3) is 0 Å². The minimum Gasteiger partial charge on any atom is -0.446 e. The fraction of sp³-hybridized carbons (Fsp3) is 0.600. The molecule has 2 amide bonds. The summed E-state index contributed by atoms with van der Waals surface area (Å²) in [6.07, 6.45) is 2.95. The van der Waals surface area contributed by atoms with Crippen molar-refractivity contribution in [1.82, 2.24) is 10.2 Å². The molecule has 5 nitrogen and oxygen atoms in total. The smallest absolute Gasteiger partial charge is 0.410 e. The minimum atomic E-state index is -0.371. The van der Waals surface area contributed by atoms with Crippen LogP contribution in [0, 0.1) is 5.92 Å². The Bertz CT molecular complexity index is 670. The van der Waals surface area contributed by atoms with Crippen LogP contribution < -0.4 is 5.32 Å². The zero-order valence-electron chi connectivity index (χ0n) is 15.6. The van der Waals surface area contributed by atoms with E-state index in [1.54, 1.807) is 4.90 Å². The summed E-state index contributed by atoms with van der Waals surface area (Å²) in [5.41, 5.74) is 0.713. The average Bonchev–Trinajstić information content (AvgIpc) is 3.39. The number of cyclic esters (lactones) is 1. The predicted molar refractivity (Wildman–Crippen MR) is 104 cm³/mol. The molecule has 1 aromatic carbocycles. The first-order valence-electron chi connectivity index (χ1n) is 9.30. The van der Waals surface area contributed by atoms with E-state index < -0.39 is 0 Å². The number of benzene rings is 1. The van der Waals surface area contributed by atoms with Crippen LogP contribution in [0.4, 0.5) is 4.79 Å². The van der Waals surface area contributed by atoms with Gasteiger partial charge in [-0.15, -0.1) is 0 Å². The highest BCUT2D eigenvalue weighted by atomic mass is 79.9. The number of nitrogens with zero attached hydrogens (tertiary/aromatic N) is 1. The van der Waals surface area contributed by atoms with Crippen LogP contribution in [0.3, 0.4) is 0 Å². The topological polar surface area (TPSA) is 58.6 Å². The second-order valence-electron chi connectivity index (χ2n) is 8.07. The molecule has 1 saturated carbocycles. The van der Waals surface area contributed by atoms with Crippen LogP contribution in [-0.2, 0) is 9.53 Å². The maximum atomic E-state index is 12.5. The molecule has 1 aliphatic carbocycles. The van der Waals surface area contributed by atoms with E-state index in [0.29, 0.717) is 13.0 Å². The summed E-state index contributed by atoms with van der Waals surface area (Å²) in [6.45, 7) is 6.67. The fourth-order valence-corrected chi connectivity index (χ4v) is 3.73. The van der Waals surface area contributed by atoms with Crippen LogP contribution in [0.2, 0.25) is 0 Å². The van der Waals surface area contributed by atoms with E-state index in [-0.39, 0.29) is 35.6 Å². The molecular formula is C20H27BrN2O3. The lowest BCUT2D eigenvalue weighted by atomic mass is 9.93. The van der Waals surface area contributed by atoms with Crippen molar-refractivity contribution < 1.29 is 14.3 Å². The van der Waals surface area contributed by atoms with Crippen LogP contribution in [-0.4, -0.2) is 35.1 Å². The lowest BCUT2D eigenvalue weighted by molar-refractivity contribution is -0.124. The monoisotopic (exact) mass is 422 g/mol. The number of carbonyl (C=O) groups is 2. The number of rotatable bonds is 6. The van der Waals surface area contributed by atoms with E-state index in [4.69, 9.17) is 4.74 Å². The molecule has 0 radical (unpaired) electrons. The number of carbonyl (C=O) groups excluding carboxylic acids is 2. The molecule has 3 rings (SSSR count). The summed E-state index contributed by atoms with van der Waals surface area (Å²) in [5.74, 6) is 0.313. The van der Waals surface area contributed by atoms with Gasteiger partial charge in [-0.1, -0.05) is 28.1 Å². The molecule has 1 heterocycles. The van der Waals surface area contributed by atoms with E-state index in [1.165, 1.54) is 0 Å². The van der Waals surface area contributed by atoms with E-state index in [1.807, 2.05) is 45.0 Å². The molecule has 0 spiro atoms. The van der Waals surface area contributed by atoms with Gasteiger partial charge in [-0.05, 0) is 51.3 Å². The molecule has 1 saturated heterocycles. The molecule has 6 heteroatoms. The Kier molecular flexibility index (Phi) is 5.61. The highest BCUT2D eigenvalue weighted by Crippen LogP contribution is 2.31. The molecule has 2 atom stereocenters. The summed E-state index contributed by atoms with van der Waals surface area (Å²) in [7, 11) is 0. The van der Waals surface area contributed by atoms with Crippen molar-refractivity contribution in [2.45, 2.75) is 64.1 Å². The van der Waals surface area contributed by atoms with Gasteiger partial charge in [0.1, 0.15) is 6.10 Å². The molecule has 2 aliphatic rings. The predicted octanol–water partition coefficient (Wildman–Crippen LogP) is 4.42. The first-order chi connectivity index (χ1) is 12.2. The fourth-order valence-electron chi connectivity index (χ4n) is 3.46. The van der Waals surface area contributed by atoms with Crippen LogP contribution in [0.1, 0.15) is 58.1 Å². The van der Waals surface area contributed by atoms with Gasteiger partial charge in [-0.2, -0.15) is 0 Å². The third kappa shape index (κ3) is 4.78. The van der Waals surface area contributed by atoms with E-state index >= 15 is 0 Å². The largest absolute Gasteiger partial charge is 0.446 e. The quantitative estimate of drug-likeness (QED) is 0.737. The van der Waals surface area contributed by atoms with Gasteiger partial charge in [-0.25, -0.2) is 4.79 Å².